The van der Waals surface area contributed by atoms with Crippen molar-refractivity contribution in [1.82, 2.24) is 15.0 Å². The molecule has 0 aliphatic rings. The Balaban J connectivity index is 2.07. The molecule has 0 saturated carbocycles. The highest BCUT2D eigenvalue weighted by molar-refractivity contribution is 7.13. The minimum absolute atomic E-state index is 0.0224. The predicted molar refractivity (Wildman–Crippen MR) is 88.6 cm³/mol. The molecule has 1 amide bonds. The highest BCUT2D eigenvalue weighted by Gasteiger charge is 2.19. The van der Waals surface area contributed by atoms with Gasteiger partial charge in [0.2, 0.25) is 5.91 Å². The van der Waals surface area contributed by atoms with E-state index in [-0.39, 0.29) is 11.8 Å². The molecule has 0 radical (unpaired) electrons. The van der Waals surface area contributed by atoms with Crippen molar-refractivity contribution in [3.8, 4) is 10.6 Å². The fraction of sp³-hybridized carbons (Fsp3) is 0.500. The van der Waals surface area contributed by atoms with E-state index in [1.165, 1.54) is 0 Å². The summed E-state index contributed by atoms with van der Waals surface area (Å²) in [5, 5.41) is 6.11. The van der Waals surface area contributed by atoms with Gasteiger partial charge in [0.15, 0.2) is 5.76 Å². The molecule has 2 aromatic rings. The zero-order chi connectivity index (χ0) is 16.1. The van der Waals surface area contributed by atoms with Crippen LogP contribution in [0, 0.1) is 5.92 Å². The van der Waals surface area contributed by atoms with Crippen LogP contribution in [-0.4, -0.2) is 48.0 Å². The Labute approximate surface area is 135 Å². The fourth-order valence-electron chi connectivity index (χ4n) is 2.07. The number of amides is 1. The van der Waals surface area contributed by atoms with Gasteiger partial charge in [-0.15, -0.1) is 11.3 Å². The van der Waals surface area contributed by atoms with Crippen LogP contribution in [0.3, 0.4) is 0 Å². The molecule has 0 aliphatic heterocycles. The summed E-state index contributed by atoms with van der Waals surface area (Å²) in [6, 6.07) is 5.90. The molecule has 0 aliphatic carbocycles. The molecule has 0 atom stereocenters. The first-order chi connectivity index (χ1) is 10.5. The maximum Gasteiger partial charge on any atom is 0.225 e. The minimum atomic E-state index is -0.0224. The molecule has 120 valence electrons. The highest BCUT2D eigenvalue weighted by atomic mass is 32.1. The van der Waals surface area contributed by atoms with Crippen molar-refractivity contribution in [3.05, 3.63) is 29.3 Å². The summed E-state index contributed by atoms with van der Waals surface area (Å²) in [4.78, 5) is 17.3. The van der Waals surface area contributed by atoms with E-state index in [2.05, 4.69) is 10.1 Å². The van der Waals surface area contributed by atoms with Crippen LogP contribution in [0.25, 0.3) is 10.6 Å². The zero-order valence-corrected chi connectivity index (χ0v) is 14.4. The number of carbonyl (C=O) groups is 1. The fourth-order valence-corrected chi connectivity index (χ4v) is 2.74. The standard InChI is InChI=1S/C16H23N3O2S/c1-12(2)16(20)19(8-7-18(3)4)11-13-10-14(21-17-13)15-6-5-9-22-15/h5-6,9-10,12H,7-8,11H2,1-4H3. The van der Waals surface area contributed by atoms with E-state index >= 15 is 0 Å². The van der Waals surface area contributed by atoms with E-state index in [0.29, 0.717) is 13.1 Å². The smallest absolute Gasteiger partial charge is 0.225 e. The maximum atomic E-state index is 12.3. The molecule has 6 heteroatoms. The topological polar surface area (TPSA) is 49.6 Å². The van der Waals surface area contributed by atoms with Gasteiger partial charge in [-0.3, -0.25) is 4.79 Å². The van der Waals surface area contributed by atoms with Crippen LogP contribution in [0.1, 0.15) is 19.5 Å². The van der Waals surface area contributed by atoms with Crippen molar-refractivity contribution < 1.29 is 9.32 Å². The number of aromatic nitrogens is 1. The van der Waals surface area contributed by atoms with Crippen LogP contribution in [0.5, 0.6) is 0 Å². The van der Waals surface area contributed by atoms with Crippen molar-refractivity contribution in [3.63, 3.8) is 0 Å². The monoisotopic (exact) mass is 321 g/mol. The number of nitrogens with zero attached hydrogens (tertiary/aromatic N) is 3. The van der Waals surface area contributed by atoms with Gasteiger partial charge in [-0.25, -0.2) is 0 Å². The summed E-state index contributed by atoms with van der Waals surface area (Å²) < 4.78 is 5.39. The first-order valence-corrected chi connectivity index (χ1v) is 8.28. The third kappa shape index (κ3) is 4.42. The van der Waals surface area contributed by atoms with Crippen LogP contribution >= 0.6 is 11.3 Å². The van der Waals surface area contributed by atoms with Crippen LogP contribution in [0.2, 0.25) is 0 Å². The summed E-state index contributed by atoms with van der Waals surface area (Å²) in [6.07, 6.45) is 0. The zero-order valence-electron chi connectivity index (χ0n) is 13.6. The van der Waals surface area contributed by atoms with E-state index in [9.17, 15) is 4.79 Å². The SMILES string of the molecule is CC(C)C(=O)N(CCN(C)C)Cc1cc(-c2cccs2)on1. The number of carbonyl (C=O) groups excluding carboxylic acids is 1. The Morgan fingerprint density at radius 1 is 1.36 bits per heavy atom. The average molecular weight is 321 g/mol. The summed E-state index contributed by atoms with van der Waals surface area (Å²) in [5.74, 6) is 0.878. The van der Waals surface area contributed by atoms with Gasteiger partial charge < -0.3 is 14.3 Å². The molecule has 0 unspecified atom stereocenters. The van der Waals surface area contributed by atoms with Crippen LogP contribution in [0.15, 0.2) is 28.1 Å². The van der Waals surface area contributed by atoms with Crippen LogP contribution < -0.4 is 0 Å². The van der Waals surface area contributed by atoms with Gasteiger partial charge in [0.1, 0.15) is 5.69 Å². The lowest BCUT2D eigenvalue weighted by Crippen LogP contribution is -2.38. The number of thiophene rings is 1. The molecule has 0 spiro atoms. The number of hydrogen-bond donors (Lipinski definition) is 0. The lowest BCUT2D eigenvalue weighted by Gasteiger charge is -2.25. The third-order valence-electron chi connectivity index (χ3n) is 3.30. The maximum absolute atomic E-state index is 12.3. The minimum Gasteiger partial charge on any atom is -0.355 e. The molecule has 0 aromatic carbocycles. The second kappa shape index (κ2) is 7.56. The quantitative estimate of drug-likeness (QED) is 0.787. The molecule has 0 N–H and O–H groups in total. The molecule has 0 fully saturated rings. The summed E-state index contributed by atoms with van der Waals surface area (Å²) in [6.45, 7) is 5.84. The van der Waals surface area contributed by atoms with Gasteiger partial charge in [0.25, 0.3) is 0 Å². The van der Waals surface area contributed by atoms with Gasteiger partial charge in [0, 0.05) is 25.1 Å². The van der Waals surface area contributed by atoms with Crippen LogP contribution in [0.4, 0.5) is 0 Å². The third-order valence-corrected chi connectivity index (χ3v) is 4.18. The summed E-state index contributed by atoms with van der Waals surface area (Å²) in [5.41, 5.74) is 0.788. The molecule has 2 aromatic heterocycles. The predicted octanol–water partition coefficient (Wildman–Crippen LogP) is 2.95. The van der Waals surface area contributed by atoms with Crippen molar-refractivity contribution in [1.29, 1.82) is 0 Å². The molecule has 0 saturated heterocycles. The second-order valence-corrected chi connectivity index (χ2v) is 6.83. The van der Waals surface area contributed by atoms with E-state index < -0.39 is 0 Å². The average Bonchev–Trinajstić information content (AvgIpc) is 3.13. The Morgan fingerprint density at radius 2 is 2.14 bits per heavy atom. The highest BCUT2D eigenvalue weighted by Crippen LogP contribution is 2.25. The Hall–Kier alpha value is -1.66. The van der Waals surface area contributed by atoms with E-state index in [1.807, 2.05) is 56.4 Å². The first kappa shape index (κ1) is 16.7. The Morgan fingerprint density at radius 3 is 2.73 bits per heavy atom. The van der Waals surface area contributed by atoms with Gasteiger partial charge in [-0.05, 0) is 25.5 Å². The Bertz CT molecular complexity index is 590. The largest absolute Gasteiger partial charge is 0.355 e. The van der Waals surface area contributed by atoms with Gasteiger partial charge in [-0.2, -0.15) is 0 Å². The van der Waals surface area contributed by atoms with E-state index in [4.69, 9.17) is 4.52 Å². The van der Waals surface area contributed by atoms with E-state index in [1.54, 1.807) is 11.3 Å². The molecule has 2 heterocycles. The summed E-state index contributed by atoms with van der Waals surface area (Å²) >= 11 is 1.61. The molecule has 0 bridgehead atoms. The van der Waals surface area contributed by atoms with Crippen molar-refractivity contribution in [2.45, 2.75) is 20.4 Å². The van der Waals surface area contributed by atoms with Crippen molar-refractivity contribution in [2.75, 3.05) is 27.2 Å². The second-order valence-electron chi connectivity index (χ2n) is 5.88. The molecule has 2 rings (SSSR count). The van der Waals surface area contributed by atoms with Gasteiger partial charge in [0.05, 0.1) is 11.4 Å². The lowest BCUT2D eigenvalue weighted by molar-refractivity contribution is -0.135. The molecule has 22 heavy (non-hydrogen) atoms. The first-order valence-electron chi connectivity index (χ1n) is 7.40. The summed E-state index contributed by atoms with van der Waals surface area (Å²) in [7, 11) is 4.01. The van der Waals surface area contributed by atoms with Crippen molar-refractivity contribution >= 4 is 17.2 Å². The number of rotatable bonds is 7. The van der Waals surface area contributed by atoms with Gasteiger partial charge >= 0.3 is 0 Å². The van der Waals surface area contributed by atoms with Crippen molar-refractivity contribution in [2.24, 2.45) is 5.92 Å². The normalized spacial score (nSPS) is 11.4. The Kier molecular flexibility index (Phi) is 5.74. The molecular formula is C16H23N3O2S. The van der Waals surface area contributed by atoms with Gasteiger partial charge in [-0.1, -0.05) is 25.1 Å². The molecular weight excluding hydrogens is 298 g/mol. The van der Waals surface area contributed by atoms with E-state index in [0.717, 1.165) is 22.9 Å². The number of likely N-dealkylation sites (N-methyl/N-ethyl adjacent to an activating group) is 1. The molecule has 5 nitrogen and oxygen atoms in total. The number of hydrogen-bond acceptors (Lipinski definition) is 5. The van der Waals surface area contributed by atoms with Crippen LogP contribution in [-0.2, 0) is 11.3 Å². The lowest BCUT2D eigenvalue weighted by atomic mass is 10.2.